The van der Waals surface area contributed by atoms with Gasteiger partial charge < -0.3 is 14.6 Å². The second kappa shape index (κ2) is 8.38. The summed E-state index contributed by atoms with van der Waals surface area (Å²) in [7, 11) is 0. The molecule has 1 N–H and O–H groups in total. The quantitative estimate of drug-likeness (QED) is 0.620. The molecule has 5 heteroatoms. The van der Waals surface area contributed by atoms with Gasteiger partial charge in [0.15, 0.2) is 6.33 Å². The molecule has 1 rings (SSSR count). The van der Waals surface area contributed by atoms with E-state index in [0.29, 0.717) is 5.89 Å². The Morgan fingerprint density at radius 2 is 2.33 bits per heavy atom. The van der Waals surface area contributed by atoms with Crippen LogP contribution >= 0.6 is 0 Å². The minimum atomic E-state index is 0.675. The molecule has 0 bridgehead atoms. The van der Waals surface area contributed by atoms with E-state index in [4.69, 9.17) is 9.26 Å². The Balaban J connectivity index is 1.81. The molecule has 1 heterocycles. The summed E-state index contributed by atoms with van der Waals surface area (Å²) in [4.78, 5) is 3.93. The predicted molar refractivity (Wildman–Crippen MR) is 56.6 cm³/mol. The maximum absolute atomic E-state index is 5.40. The lowest BCUT2D eigenvalue weighted by atomic mass is 10.4. The van der Waals surface area contributed by atoms with E-state index in [1.807, 2.05) is 0 Å². The molecule has 0 aliphatic heterocycles. The smallest absolute Gasteiger partial charge is 0.227 e. The van der Waals surface area contributed by atoms with Gasteiger partial charge in [0.1, 0.15) is 0 Å². The molecule has 0 saturated heterocycles. The fourth-order valence-corrected chi connectivity index (χ4v) is 1.12. The predicted octanol–water partition coefficient (Wildman–Crippen LogP) is 1.02. The van der Waals surface area contributed by atoms with Crippen molar-refractivity contribution >= 4 is 0 Å². The zero-order valence-electron chi connectivity index (χ0n) is 9.24. The minimum Gasteiger partial charge on any atom is -0.380 e. The summed E-state index contributed by atoms with van der Waals surface area (Å²) < 4.78 is 10.3. The Morgan fingerprint density at radius 3 is 3.07 bits per heavy atom. The first-order valence-corrected chi connectivity index (χ1v) is 5.47. The molecule has 0 aliphatic rings. The van der Waals surface area contributed by atoms with Crippen LogP contribution in [-0.2, 0) is 11.2 Å². The van der Waals surface area contributed by atoms with E-state index in [0.717, 1.165) is 39.1 Å². The van der Waals surface area contributed by atoms with Crippen LogP contribution in [0.3, 0.4) is 0 Å². The van der Waals surface area contributed by atoms with E-state index in [2.05, 4.69) is 22.4 Å². The number of nitrogens with zero attached hydrogens (tertiary/aromatic N) is 2. The zero-order valence-corrected chi connectivity index (χ0v) is 9.24. The van der Waals surface area contributed by atoms with Crippen molar-refractivity contribution in [2.45, 2.75) is 26.2 Å². The highest BCUT2D eigenvalue weighted by Crippen LogP contribution is 1.90. The molecule has 0 unspecified atom stereocenters. The van der Waals surface area contributed by atoms with Crippen molar-refractivity contribution < 1.29 is 9.26 Å². The number of unbranched alkanes of at least 4 members (excludes halogenated alkanes) is 1. The van der Waals surface area contributed by atoms with Crippen molar-refractivity contribution in [1.82, 2.24) is 15.5 Å². The van der Waals surface area contributed by atoms with Crippen molar-refractivity contribution in [2.24, 2.45) is 0 Å². The van der Waals surface area contributed by atoms with Crippen LogP contribution in [0, 0.1) is 0 Å². The molecule has 86 valence electrons. The second-order valence-corrected chi connectivity index (χ2v) is 3.30. The fourth-order valence-electron chi connectivity index (χ4n) is 1.12. The number of nitrogens with one attached hydrogen (secondary N) is 1. The highest BCUT2D eigenvalue weighted by atomic mass is 16.5. The third-order valence-corrected chi connectivity index (χ3v) is 1.99. The van der Waals surface area contributed by atoms with Crippen LogP contribution in [-0.4, -0.2) is 36.4 Å². The van der Waals surface area contributed by atoms with E-state index in [9.17, 15) is 0 Å². The Bertz CT molecular complexity index is 227. The Kier molecular flexibility index (Phi) is 6.77. The van der Waals surface area contributed by atoms with Crippen molar-refractivity contribution in [2.75, 3.05) is 26.3 Å². The summed E-state index contributed by atoms with van der Waals surface area (Å²) >= 11 is 0. The van der Waals surface area contributed by atoms with Crippen molar-refractivity contribution in [3.05, 3.63) is 12.2 Å². The number of ether oxygens (including phenoxy) is 1. The van der Waals surface area contributed by atoms with Gasteiger partial charge in [0.25, 0.3) is 0 Å². The summed E-state index contributed by atoms with van der Waals surface area (Å²) in [5.74, 6) is 0.675. The summed E-state index contributed by atoms with van der Waals surface area (Å²) in [6, 6.07) is 0. The van der Waals surface area contributed by atoms with E-state index < -0.39 is 0 Å². The zero-order chi connectivity index (χ0) is 10.8. The molecule has 0 atom stereocenters. The van der Waals surface area contributed by atoms with Gasteiger partial charge in [0, 0.05) is 26.1 Å². The number of aromatic nitrogens is 2. The molecule has 0 radical (unpaired) electrons. The molecular weight excluding hydrogens is 194 g/mol. The van der Waals surface area contributed by atoms with Crippen LogP contribution in [0.5, 0.6) is 0 Å². The van der Waals surface area contributed by atoms with Gasteiger partial charge in [-0.1, -0.05) is 18.5 Å². The molecule has 15 heavy (non-hydrogen) atoms. The van der Waals surface area contributed by atoms with Gasteiger partial charge in [-0.05, 0) is 6.42 Å². The maximum atomic E-state index is 5.40. The third-order valence-electron chi connectivity index (χ3n) is 1.99. The van der Waals surface area contributed by atoms with Crippen LogP contribution in [0.4, 0.5) is 0 Å². The van der Waals surface area contributed by atoms with E-state index in [-0.39, 0.29) is 0 Å². The Labute approximate surface area is 90.2 Å². The van der Waals surface area contributed by atoms with Crippen LogP contribution < -0.4 is 5.32 Å². The SMILES string of the molecule is CCCCOCCNCCc1ncno1. The van der Waals surface area contributed by atoms with Gasteiger partial charge in [-0.3, -0.25) is 0 Å². The van der Waals surface area contributed by atoms with Gasteiger partial charge in [0.2, 0.25) is 5.89 Å². The number of hydrogen-bond acceptors (Lipinski definition) is 5. The first kappa shape index (κ1) is 12.1. The lowest BCUT2D eigenvalue weighted by Gasteiger charge is -2.04. The van der Waals surface area contributed by atoms with Gasteiger partial charge >= 0.3 is 0 Å². The van der Waals surface area contributed by atoms with Crippen molar-refractivity contribution in [3.8, 4) is 0 Å². The first-order chi connectivity index (χ1) is 7.43. The first-order valence-electron chi connectivity index (χ1n) is 5.47. The largest absolute Gasteiger partial charge is 0.380 e. The molecule has 0 aliphatic carbocycles. The van der Waals surface area contributed by atoms with Crippen molar-refractivity contribution in [3.63, 3.8) is 0 Å². The number of rotatable bonds is 9. The number of hydrogen-bond donors (Lipinski definition) is 1. The van der Waals surface area contributed by atoms with Crippen LogP contribution in [0.2, 0.25) is 0 Å². The lowest BCUT2D eigenvalue weighted by molar-refractivity contribution is 0.133. The molecule has 0 spiro atoms. The van der Waals surface area contributed by atoms with Gasteiger partial charge in [-0.25, -0.2) is 0 Å². The molecule has 1 aromatic rings. The molecule has 0 aromatic carbocycles. The second-order valence-electron chi connectivity index (χ2n) is 3.30. The van der Waals surface area contributed by atoms with E-state index in [1.165, 1.54) is 12.7 Å². The lowest BCUT2D eigenvalue weighted by Crippen LogP contribution is -2.22. The standard InChI is InChI=1S/C10H19N3O2/c1-2-3-7-14-8-6-11-5-4-10-12-9-13-15-10/h9,11H,2-8H2,1H3. The van der Waals surface area contributed by atoms with Gasteiger partial charge in [-0.2, -0.15) is 4.98 Å². The average molecular weight is 213 g/mol. The molecule has 0 fully saturated rings. The van der Waals surface area contributed by atoms with Crippen molar-refractivity contribution in [1.29, 1.82) is 0 Å². The molecule has 0 amide bonds. The topological polar surface area (TPSA) is 60.2 Å². The third kappa shape index (κ3) is 6.19. The van der Waals surface area contributed by atoms with E-state index in [1.54, 1.807) is 0 Å². The Morgan fingerprint density at radius 1 is 1.40 bits per heavy atom. The van der Waals surface area contributed by atoms with Crippen LogP contribution in [0.15, 0.2) is 10.9 Å². The molecular formula is C10H19N3O2. The summed E-state index contributed by atoms with van der Waals surface area (Å²) in [5.41, 5.74) is 0. The minimum absolute atomic E-state index is 0.675. The molecule has 5 nitrogen and oxygen atoms in total. The highest BCUT2D eigenvalue weighted by Gasteiger charge is 1.97. The fraction of sp³-hybridized carbons (Fsp3) is 0.800. The van der Waals surface area contributed by atoms with E-state index >= 15 is 0 Å². The highest BCUT2D eigenvalue weighted by molar-refractivity contribution is 4.74. The monoisotopic (exact) mass is 213 g/mol. The maximum Gasteiger partial charge on any atom is 0.227 e. The van der Waals surface area contributed by atoms with Crippen LogP contribution in [0.25, 0.3) is 0 Å². The summed E-state index contributed by atoms with van der Waals surface area (Å²) in [6.45, 7) is 5.51. The molecule has 1 aromatic heterocycles. The van der Waals surface area contributed by atoms with Gasteiger partial charge in [-0.15, -0.1) is 0 Å². The normalized spacial score (nSPS) is 10.7. The molecule has 0 saturated carbocycles. The average Bonchev–Trinajstić information content (AvgIpc) is 2.75. The van der Waals surface area contributed by atoms with Gasteiger partial charge in [0.05, 0.1) is 6.61 Å². The summed E-state index contributed by atoms with van der Waals surface area (Å²) in [6.07, 6.45) is 4.52. The summed E-state index contributed by atoms with van der Waals surface area (Å²) in [5, 5.41) is 6.78. The van der Waals surface area contributed by atoms with Crippen LogP contribution in [0.1, 0.15) is 25.7 Å². The Hall–Kier alpha value is -0.940.